The van der Waals surface area contributed by atoms with Gasteiger partial charge in [-0.2, -0.15) is 0 Å². The van der Waals surface area contributed by atoms with E-state index in [0.29, 0.717) is 22.3 Å². The van der Waals surface area contributed by atoms with Gasteiger partial charge in [0.1, 0.15) is 16.1 Å². The Bertz CT molecular complexity index is 3980. The fourth-order valence-corrected chi connectivity index (χ4v) is 14.5. The fourth-order valence-electron chi connectivity index (χ4n) is 9.15. The molecule has 12 rings (SSSR count). The van der Waals surface area contributed by atoms with Crippen molar-refractivity contribution in [3.05, 3.63) is 372 Å². The SMILES string of the molecule is C#C[Si](C)(C)C.C[Si](C)(C)C#Cc1ccc(-c2ccc(C(=O)c3ccccc3)cc2)cc1.O=C(c1ccccc1)c1ccc(-c2ccc(Br)cc2)cc1.[Cl][Pd][Cl].[Cu][I].c1ccc(P(c2ccccc2)c2ccccc2)cc1.c1ccc(P(c2ccccc2)c2ccccc2)cc1. The fraction of sp³-hybridized carbons (Fsp3) is 0.0714. The third kappa shape index (κ3) is 27.3. The van der Waals surface area contributed by atoms with E-state index >= 15 is 0 Å². The Morgan fingerprint density at radius 3 is 0.771 bits per heavy atom. The van der Waals surface area contributed by atoms with Gasteiger partial charge < -0.3 is 0 Å². The van der Waals surface area contributed by atoms with Gasteiger partial charge in [0.05, 0.1) is 0 Å². The molecule has 0 aliphatic heterocycles. The number of ketones is 2. The topological polar surface area (TPSA) is 34.1 Å². The van der Waals surface area contributed by atoms with Gasteiger partial charge in [-0.1, -0.05) is 377 Å². The first-order valence-electron chi connectivity index (χ1n) is 30.7. The molecule has 96 heavy (non-hydrogen) atoms. The normalized spacial score (nSPS) is 10.3. The molecule has 490 valence electrons. The van der Waals surface area contributed by atoms with Crippen LogP contribution in [0.2, 0.25) is 39.3 Å². The van der Waals surface area contributed by atoms with Gasteiger partial charge in [-0.05, 0) is 94.2 Å². The number of carbonyl (C=O) groups is 2. The number of hydrogen-bond donors (Lipinski definition) is 0. The molecule has 0 fully saturated rings. The van der Waals surface area contributed by atoms with E-state index in [2.05, 4.69) is 303 Å². The van der Waals surface area contributed by atoms with Gasteiger partial charge in [0, 0.05) is 32.3 Å². The van der Waals surface area contributed by atoms with Gasteiger partial charge in [0.25, 0.3) is 0 Å². The van der Waals surface area contributed by atoms with Crippen LogP contribution in [-0.4, -0.2) is 27.7 Å². The van der Waals surface area contributed by atoms with Crippen molar-refractivity contribution >= 4 is 131 Å². The van der Waals surface area contributed by atoms with Crippen molar-refractivity contribution in [1.29, 1.82) is 0 Å². The minimum atomic E-state index is -1.36. The summed E-state index contributed by atoms with van der Waals surface area (Å²) in [4.78, 5) is 24.8. The quantitative estimate of drug-likeness (QED) is 0.0402. The van der Waals surface area contributed by atoms with Crippen molar-refractivity contribution in [3.8, 4) is 45.7 Å². The Balaban J connectivity index is 0.000000193. The van der Waals surface area contributed by atoms with Gasteiger partial charge in [0.2, 0.25) is 0 Å². The summed E-state index contributed by atoms with van der Waals surface area (Å²) >= 11 is 9.19. The number of halogens is 4. The molecule has 0 saturated carbocycles. The van der Waals surface area contributed by atoms with Crippen molar-refractivity contribution in [2.24, 2.45) is 0 Å². The summed E-state index contributed by atoms with van der Waals surface area (Å²) < 4.78 is 1.06. The second-order valence-electron chi connectivity index (χ2n) is 23.3. The maximum absolute atomic E-state index is 12.5. The molecule has 0 bridgehead atoms. The summed E-state index contributed by atoms with van der Waals surface area (Å²) in [5, 5.41) is 8.39. The van der Waals surface area contributed by atoms with Crippen LogP contribution in [0.4, 0.5) is 0 Å². The molecule has 12 aromatic rings. The summed E-state index contributed by atoms with van der Waals surface area (Å²) in [5.74, 6) is 3.38. The predicted octanol–water partition coefficient (Wildman–Crippen LogP) is 21.8. The average Bonchev–Trinajstić information content (AvgIpc) is 0.881. The van der Waals surface area contributed by atoms with E-state index in [4.69, 9.17) is 25.5 Å². The summed E-state index contributed by atoms with van der Waals surface area (Å²) in [5.41, 5.74) is 14.5. The van der Waals surface area contributed by atoms with Gasteiger partial charge in [-0.15, -0.1) is 17.5 Å². The molecular weight excluding hydrogens is 1610 g/mol. The van der Waals surface area contributed by atoms with Crippen LogP contribution in [-0.2, 0) is 28.7 Å². The third-order valence-corrected chi connectivity index (χ3v) is 21.0. The molecule has 0 saturated heterocycles. The van der Waals surface area contributed by atoms with E-state index in [0.717, 1.165) is 32.3 Å². The summed E-state index contributed by atoms with van der Waals surface area (Å²) in [7, 11) is 6.28. The molecule has 0 aliphatic rings. The molecule has 0 spiro atoms. The zero-order valence-corrected chi connectivity index (χ0v) is 65.8. The smallest absolute Gasteiger partial charge is 0.0134 e. The average molecular weight is 1680 g/mol. The summed E-state index contributed by atoms with van der Waals surface area (Å²) in [6, 6.07) is 115. The molecule has 12 aromatic carbocycles. The van der Waals surface area contributed by atoms with Gasteiger partial charge >= 0.3 is 68.1 Å². The van der Waals surface area contributed by atoms with Gasteiger partial charge in [-0.3, -0.25) is 9.59 Å². The molecular formula is C84H75BrCl2CuIO2P2PdSi2. The first-order chi connectivity index (χ1) is 46.5. The van der Waals surface area contributed by atoms with E-state index in [1.165, 1.54) is 31.8 Å². The number of rotatable bonds is 12. The number of benzene rings is 12. The van der Waals surface area contributed by atoms with E-state index in [1.54, 1.807) is 20.3 Å². The summed E-state index contributed by atoms with van der Waals surface area (Å²) in [6.07, 6.45) is 5.12. The molecule has 2 nitrogen and oxygen atoms in total. The number of hydrogen-bond acceptors (Lipinski definition) is 2. The van der Waals surface area contributed by atoms with Crippen LogP contribution in [0, 0.1) is 23.4 Å². The van der Waals surface area contributed by atoms with Crippen molar-refractivity contribution in [1.82, 2.24) is 0 Å². The van der Waals surface area contributed by atoms with Crippen LogP contribution in [0.3, 0.4) is 0 Å². The Morgan fingerprint density at radius 2 is 0.552 bits per heavy atom. The molecule has 0 aliphatic carbocycles. The second-order valence-corrected chi connectivity index (χ2v) is 40.5. The third-order valence-electron chi connectivity index (χ3n) is 13.9. The van der Waals surface area contributed by atoms with Crippen LogP contribution in [0.5, 0.6) is 0 Å². The molecule has 0 unspecified atom stereocenters. The molecule has 0 atom stereocenters. The van der Waals surface area contributed by atoms with E-state index in [-0.39, 0.29) is 27.5 Å². The Hall–Kier alpha value is -6.63. The van der Waals surface area contributed by atoms with Gasteiger partial charge in [0.15, 0.2) is 11.6 Å². The zero-order valence-electron chi connectivity index (χ0n) is 54.2. The second kappa shape index (κ2) is 42.9. The molecule has 0 heterocycles. The Labute approximate surface area is 619 Å². The monoisotopic (exact) mass is 1680 g/mol. The van der Waals surface area contributed by atoms with Crippen molar-refractivity contribution < 1.29 is 38.3 Å². The maximum Gasteiger partial charge on any atom is -0.0134 e. The van der Waals surface area contributed by atoms with Crippen LogP contribution in [0.25, 0.3) is 22.3 Å². The van der Waals surface area contributed by atoms with Crippen molar-refractivity contribution in [2.75, 3.05) is 0 Å². The number of carbonyl (C=O) groups excluding carboxylic acids is 2. The van der Waals surface area contributed by atoms with Crippen LogP contribution >= 0.6 is 71.2 Å². The first-order valence-corrected chi connectivity index (χ1v) is 48.2. The minimum absolute atomic E-state index is 0.0501. The van der Waals surface area contributed by atoms with E-state index < -0.39 is 32.0 Å². The molecule has 0 amide bonds. The van der Waals surface area contributed by atoms with Crippen LogP contribution in [0.15, 0.2) is 344 Å². The van der Waals surface area contributed by atoms with Gasteiger partial charge in [-0.25, -0.2) is 0 Å². The standard InChI is InChI=1S/C24H22OSi.C19H13BrO.2C18H15P.C5H10Si.2ClH.Cu.HI.Pd/c1-26(2,3)18-17-19-9-11-20(12-10-19)21-13-15-23(16-14-21)24(25)22-7-5-4-6-8-22;20-18-12-10-15(11-13-18)14-6-8-17(9-7-14)19(21)16-4-2-1-3-5-16;2*1-4-10-16(11-5-1)19(17-12-6-2-7-13-17)18-14-8-3-9-15-18;1-5-6(2,3)4;;;;;/h4-16H,1-3H3;1-13H;2*1-15H;1H,2-4H3;2*1H;;1H;/q;;;;;;;+1;;+2/p-3. The van der Waals surface area contributed by atoms with E-state index in [1.807, 2.05) is 121 Å². The maximum atomic E-state index is 12.5. The largest absolute Gasteiger partial charge is 0.0622 e. The van der Waals surface area contributed by atoms with Crippen molar-refractivity contribution in [2.45, 2.75) is 39.3 Å². The van der Waals surface area contributed by atoms with Crippen LogP contribution < -0.4 is 31.8 Å². The predicted molar refractivity (Wildman–Crippen MR) is 430 cm³/mol. The first kappa shape index (κ1) is 78.4. The molecule has 0 N–H and O–H groups in total. The Kier molecular flexibility index (Phi) is 35.0. The van der Waals surface area contributed by atoms with E-state index in [9.17, 15) is 9.59 Å². The minimum Gasteiger partial charge on any atom is -0.0622 e. The zero-order chi connectivity index (χ0) is 69.0. The molecule has 12 heteroatoms. The molecule has 0 aromatic heterocycles. The molecule has 0 radical (unpaired) electrons. The Morgan fingerprint density at radius 1 is 0.354 bits per heavy atom. The van der Waals surface area contributed by atoms with Crippen molar-refractivity contribution in [3.63, 3.8) is 0 Å². The number of terminal acetylenes is 1. The van der Waals surface area contributed by atoms with Crippen LogP contribution in [0.1, 0.15) is 37.4 Å². The summed E-state index contributed by atoms with van der Waals surface area (Å²) in [6.45, 7) is 13.2.